The van der Waals surface area contributed by atoms with Crippen LogP contribution in [0.1, 0.15) is 37.7 Å². The first-order valence-corrected chi connectivity index (χ1v) is 12.8. The minimum Gasteiger partial charge on any atom is -0.385 e. The van der Waals surface area contributed by atoms with Crippen molar-refractivity contribution in [2.24, 2.45) is 5.92 Å². The van der Waals surface area contributed by atoms with Crippen LogP contribution in [0.15, 0.2) is 64.0 Å². The molecule has 1 heterocycles. The minimum absolute atomic E-state index is 0.0680. The Balaban J connectivity index is 1.51. The SMILES string of the molecule is COCCCN1C(=O)C(Nc2ccc(C)cc2)=C(Sc2ccc(NC(=O)C3CCCC3)cc2)C1=O. The third-order valence-electron chi connectivity index (χ3n) is 6.24. The Hall–Kier alpha value is -3.10. The van der Waals surface area contributed by atoms with Gasteiger partial charge in [0.2, 0.25) is 5.91 Å². The van der Waals surface area contributed by atoms with E-state index in [0.29, 0.717) is 24.5 Å². The van der Waals surface area contributed by atoms with E-state index in [-0.39, 0.29) is 29.3 Å². The van der Waals surface area contributed by atoms with E-state index in [0.717, 1.165) is 47.5 Å². The lowest BCUT2D eigenvalue weighted by molar-refractivity contribution is -0.137. The number of hydrogen-bond acceptors (Lipinski definition) is 6. The summed E-state index contributed by atoms with van der Waals surface area (Å²) < 4.78 is 5.09. The van der Waals surface area contributed by atoms with Crippen LogP contribution in [0.2, 0.25) is 0 Å². The van der Waals surface area contributed by atoms with Gasteiger partial charge in [0.05, 0.1) is 0 Å². The number of hydrogen-bond donors (Lipinski definition) is 2. The maximum atomic E-state index is 13.2. The Morgan fingerprint density at radius 2 is 1.66 bits per heavy atom. The topological polar surface area (TPSA) is 87.7 Å². The van der Waals surface area contributed by atoms with Crippen LogP contribution in [-0.2, 0) is 19.1 Å². The highest BCUT2D eigenvalue weighted by Gasteiger charge is 2.38. The van der Waals surface area contributed by atoms with Gasteiger partial charge in [0, 0.05) is 42.4 Å². The number of carbonyl (C=O) groups is 3. The van der Waals surface area contributed by atoms with Gasteiger partial charge in [-0.1, -0.05) is 42.3 Å². The van der Waals surface area contributed by atoms with E-state index in [9.17, 15) is 14.4 Å². The molecule has 1 saturated carbocycles. The molecule has 184 valence electrons. The van der Waals surface area contributed by atoms with Gasteiger partial charge in [-0.3, -0.25) is 19.3 Å². The zero-order chi connectivity index (χ0) is 24.8. The molecule has 3 amide bonds. The monoisotopic (exact) mass is 493 g/mol. The summed E-state index contributed by atoms with van der Waals surface area (Å²) in [4.78, 5) is 41.2. The van der Waals surface area contributed by atoms with Crippen molar-refractivity contribution in [3.8, 4) is 0 Å². The van der Waals surface area contributed by atoms with E-state index in [2.05, 4.69) is 10.6 Å². The van der Waals surface area contributed by atoms with E-state index >= 15 is 0 Å². The average molecular weight is 494 g/mol. The fourth-order valence-electron chi connectivity index (χ4n) is 4.27. The van der Waals surface area contributed by atoms with Gasteiger partial charge < -0.3 is 15.4 Å². The van der Waals surface area contributed by atoms with Crippen molar-refractivity contribution in [3.05, 3.63) is 64.7 Å². The quantitative estimate of drug-likeness (QED) is 0.360. The molecule has 2 aromatic carbocycles. The summed E-state index contributed by atoms with van der Waals surface area (Å²) in [6.45, 7) is 2.75. The summed E-state index contributed by atoms with van der Waals surface area (Å²) in [5, 5.41) is 6.15. The number of imide groups is 1. The van der Waals surface area contributed by atoms with Gasteiger partial charge in [0.25, 0.3) is 11.8 Å². The smallest absolute Gasteiger partial charge is 0.278 e. The van der Waals surface area contributed by atoms with Crippen molar-refractivity contribution >= 4 is 40.9 Å². The molecule has 0 aromatic heterocycles. The van der Waals surface area contributed by atoms with E-state index in [4.69, 9.17) is 4.74 Å². The van der Waals surface area contributed by atoms with Crippen LogP contribution >= 0.6 is 11.8 Å². The third-order valence-corrected chi connectivity index (χ3v) is 7.34. The number of amides is 3. The first-order chi connectivity index (χ1) is 17.0. The summed E-state index contributed by atoms with van der Waals surface area (Å²) in [6.07, 6.45) is 4.68. The fraction of sp³-hybridized carbons (Fsp3) is 0.370. The number of carbonyl (C=O) groups excluding carboxylic acids is 3. The standard InChI is InChI=1S/C27H31N3O4S/c1-18-8-10-20(11-9-18)28-23-24(27(33)30(26(23)32)16-5-17-34-2)35-22-14-12-21(13-15-22)29-25(31)19-6-3-4-7-19/h8-15,19,28H,3-7,16-17H2,1-2H3,(H,29,31). The zero-order valence-corrected chi connectivity index (χ0v) is 21.0. The summed E-state index contributed by atoms with van der Waals surface area (Å²) in [5.74, 6) is -0.492. The maximum Gasteiger partial charge on any atom is 0.278 e. The normalized spacial score (nSPS) is 16.3. The summed E-state index contributed by atoms with van der Waals surface area (Å²) in [7, 11) is 1.59. The molecule has 0 spiro atoms. The molecule has 35 heavy (non-hydrogen) atoms. The van der Waals surface area contributed by atoms with Crippen molar-refractivity contribution in [2.45, 2.75) is 43.9 Å². The highest BCUT2D eigenvalue weighted by atomic mass is 32.2. The van der Waals surface area contributed by atoms with Crippen molar-refractivity contribution in [3.63, 3.8) is 0 Å². The van der Waals surface area contributed by atoms with Gasteiger partial charge >= 0.3 is 0 Å². The van der Waals surface area contributed by atoms with Gasteiger partial charge in [-0.05, 0) is 62.6 Å². The van der Waals surface area contributed by atoms with Crippen LogP contribution in [0.4, 0.5) is 11.4 Å². The lowest BCUT2D eigenvalue weighted by Gasteiger charge is -2.14. The van der Waals surface area contributed by atoms with Crippen molar-refractivity contribution in [1.82, 2.24) is 4.90 Å². The molecule has 4 rings (SSSR count). The molecule has 1 aliphatic heterocycles. The number of nitrogens with one attached hydrogen (secondary N) is 2. The van der Waals surface area contributed by atoms with Crippen molar-refractivity contribution < 1.29 is 19.1 Å². The number of ether oxygens (including phenoxy) is 1. The molecule has 7 nitrogen and oxygen atoms in total. The largest absolute Gasteiger partial charge is 0.385 e. The van der Waals surface area contributed by atoms with E-state index in [1.54, 1.807) is 7.11 Å². The van der Waals surface area contributed by atoms with E-state index in [1.807, 2.05) is 55.5 Å². The molecule has 8 heteroatoms. The second kappa shape index (κ2) is 11.6. The average Bonchev–Trinajstić information content (AvgIpc) is 3.47. The van der Waals surface area contributed by atoms with Crippen LogP contribution in [0.3, 0.4) is 0 Å². The predicted molar refractivity (Wildman–Crippen MR) is 138 cm³/mol. The number of methoxy groups -OCH3 is 1. The summed E-state index contributed by atoms with van der Waals surface area (Å²) in [6, 6.07) is 15.1. The molecule has 0 unspecified atom stereocenters. The molecule has 1 fully saturated rings. The van der Waals surface area contributed by atoms with Crippen molar-refractivity contribution in [1.29, 1.82) is 0 Å². The third kappa shape index (κ3) is 6.13. The molecule has 0 atom stereocenters. The number of benzene rings is 2. The maximum absolute atomic E-state index is 13.2. The first kappa shape index (κ1) is 25.0. The molecule has 0 radical (unpaired) electrons. The second-order valence-corrected chi connectivity index (χ2v) is 9.98. The lowest BCUT2D eigenvalue weighted by atomic mass is 10.1. The molecular weight excluding hydrogens is 462 g/mol. The molecular formula is C27H31N3O4S. The summed E-state index contributed by atoms with van der Waals surface area (Å²) >= 11 is 1.25. The van der Waals surface area contributed by atoms with E-state index in [1.165, 1.54) is 16.7 Å². The Kier molecular flexibility index (Phi) is 8.25. The number of anilines is 2. The second-order valence-electron chi connectivity index (χ2n) is 8.90. The van der Waals surface area contributed by atoms with Crippen LogP contribution in [-0.4, -0.2) is 42.9 Å². The fourth-order valence-corrected chi connectivity index (χ4v) is 5.21. The predicted octanol–water partition coefficient (Wildman–Crippen LogP) is 4.94. The molecule has 0 saturated heterocycles. The van der Waals surface area contributed by atoms with Crippen LogP contribution in [0, 0.1) is 12.8 Å². The van der Waals surface area contributed by atoms with E-state index < -0.39 is 0 Å². The molecule has 1 aliphatic carbocycles. The number of nitrogens with zero attached hydrogens (tertiary/aromatic N) is 1. The Labute approximate surface area is 210 Å². The van der Waals surface area contributed by atoms with Gasteiger partial charge in [-0.2, -0.15) is 0 Å². The lowest BCUT2D eigenvalue weighted by Crippen LogP contribution is -2.33. The van der Waals surface area contributed by atoms with Crippen molar-refractivity contribution in [2.75, 3.05) is 30.9 Å². The number of rotatable bonds is 10. The molecule has 2 N–H and O–H groups in total. The molecule has 2 aromatic rings. The highest BCUT2D eigenvalue weighted by molar-refractivity contribution is 8.04. The van der Waals surface area contributed by atoms with Crippen LogP contribution in [0.25, 0.3) is 0 Å². The minimum atomic E-state index is -0.338. The molecule has 0 bridgehead atoms. The van der Waals surface area contributed by atoms with Gasteiger partial charge in [0.15, 0.2) is 0 Å². The first-order valence-electron chi connectivity index (χ1n) is 12.0. The van der Waals surface area contributed by atoms with Crippen LogP contribution < -0.4 is 10.6 Å². The zero-order valence-electron chi connectivity index (χ0n) is 20.1. The Bertz CT molecular complexity index is 1110. The number of thioether (sulfide) groups is 1. The van der Waals surface area contributed by atoms with Gasteiger partial charge in [-0.15, -0.1) is 0 Å². The van der Waals surface area contributed by atoms with Crippen LogP contribution in [0.5, 0.6) is 0 Å². The molecule has 2 aliphatic rings. The van der Waals surface area contributed by atoms with Gasteiger partial charge in [-0.25, -0.2) is 0 Å². The Morgan fingerprint density at radius 1 is 1.00 bits per heavy atom. The number of aryl methyl sites for hydroxylation is 1. The van der Waals surface area contributed by atoms with Gasteiger partial charge in [0.1, 0.15) is 10.6 Å². The Morgan fingerprint density at radius 3 is 2.31 bits per heavy atom. The highest BCUT2D eigenvalue weighted by Crippen LogP contribution is 2.36. The summed E-state index contributed by atoms with van der Waals surface area (Å²) in [5.41, 5.74) is 2.86.